The predicted molar refractivity (Wildman–Crippen MR) is 78.7 cm³/mol. The van der Waals surface area contributed by atoms with E-state index in [1.165, 1.54) is 0 Å². The highest BCUT2D eigenvalue weighted by Crippen LogP contribution is 2.38. The van der Waals surface area contributed by atoms with Gasteiger partial charge in [-0.05, 0) is 38.8 Å². The van der Waals surface area contributed by atoms with Gasteiger partial charge in [0.1, 0.15) is 6.10 Å². The molecule has 2 rings (SSSR count). The van der Waals surface area contributed by atoms with Gasteiger partial charge in [0.05, 0.1) is 12.1 Å². The lowest BCUT2D eigenvalue weighted by Gasteiger charge is -2.19. The maximum Gasteiger partial charge on any atom is 0.179 e. The maximum absolute atomic E-state index is 6.11. The summed E-state index contributed by atoms with van der Waals surface area (Å²) in [5, 5.41) is 4.48. The standard InChI is InChI=1S/C14H19Cl2NO2/c1-9-3-4-11(5-6-17-9)19-13-8-10(15)7-12(16)14(13)18-2/h7-9,11,17H,3-6H2,1-2H3. The van der Waals surface area contributed by atoms with E-state index in [9.17, 15) is 0 Å². The van der Waals surface area contributed by atoms with E-state index in [1.807, 2.05) is 0 Å². The number of nitrogens with one attached hydrogen (secondary N) is 1. The number of rotatable bonds is 3. The fourth-order valence-corrected chi connectivity index (χ4v) is 2.84. The van der Waals surface area contributed by atoms with Gasteiger partial charge in [-0.2, -0.15) is 0 Å². The molecule has 2 atom stereocenters. The van der Waals surface area contributed by atoms with Crippen molar-refractivity contribution in [3.63, 3.8) is 0 Å². The van der Waals surface area contributed by atoms with E-state index in [4.69, 9.17) is 32.7 Å². The first-order valence-electron chi connectivity index (χ1n) is 6.53. The smallest absolute Gasteiger partial charge is 0.179 e. The van der Waals surface area contributed by atoms with Crippen LogP contribution in [0.25, 0.3) is 0 Å². The van der Waals surface area contributed by atoms with Crippen LogP contribution in [-0.2, 0) is 0 Å². The number of benzene rings is 1. The number of hydrogen-bond donors (Lipinski definition) is 1. The summed E-state index contributed by atoms with van der Waals surface area (Å²) in [6, 6.07) is 3.96. The van der Waals surface area contributed by atoms with Crippen LogP contribution in [0, 0.1) is 0 Å². The Morgan fingerprint density at radius 2 is 2.00 bits per heavy atom. The molecular weight excluding hydrogens is 285 g/mol. The first kappa shape index (κ1) is 14.8. The third-order valence-electron chi connectivity index (χ3n) is 3.35. The molecule has 1 aliphatic rings. The van der Waals surface area contributed by atoms with Crippen LogP contribution in [0.4, 0.5) is 0 Å². The zero-order valence-electron chi connectivity index (χ0n) is 11.2. The van der Waals surface area contributed by atoms with Gasteiger partial charge in [0.25, 0.3) is 0 Å². The van der Waals surface area contributed by atoms with Crippen molar-refractivity contribution in [2.24, 2.45) is 0 Å². The molecule has 0 aliphatic carbocycles. The Balaban J connectivity index is 2.13. The van der Waals surface area contributed by atoms with Gasteiger partial charge in [-0.15, -0.1) is 0 Å². The summed E-state index contributed by atoms with van der Waals surface area (Å²) in [5.41, 5.74) is 0. The van der Waals surface area contributed by atoms with E-state index in [2.05, 4.69) is 12.2 Å². The van der Waals surface area contributed by atoms with Gasteiger partial charge < -0.3 is 14.8 Å². The molecule has 1 N–H and O–H groups in total. The Bertz CT molecular complexity index is 440. The van der Waals surface area contributed by atoms with Gasteiger partial charge in [0.2, 0.25) is 0 Å². The van der Waals surface area contributed by atoms with Crippen LogP contribution < -0.4 is 14.8 Å². The molecule has 0 amide bonds. The first-order valence-corrected chi connectivity index (χ1v) is 7.29. The molecule has 3 nitrogen and oxygen atoms in total. The van der Waals surface area contributed by atoms with Crippen molar-refractivity contribution in [1.82, 2.24) is 5.32 Å². The summed E-state index contributed by atoms with van der Waals surface area (Å²) in [6.07, 6.45) is 3.25. The van der Waals surface area contributed by atoms with Gasteiger partial charge in [0.15, 0.2) is 11.5 Å². The molecule has 1 aliphatic heterocycles. The Kier molecular flexibility index (Phi) is 5.20. The van der Waals surface area contributed by atoms with Crippen LogP contribution in [0.15, 0.2) is 12.1 Å². The summed E-state index contributed by atoms with van der Waals surface area (Å²) in [7, 11) is 1.58. The molecule has 1 heterocycles. The van der Waals surface area contributed by atoms with E-state index in [0.717, 1.165) is 25.8 Å². The van der Waals surface area contributed by atoms with Crippen LogP contribution in [0.5, 0.6) is 11.5 Å². The van der Waals surface area contributed by atoms with Gasteiger partial charge in [0, 0.05) is 17.1 Å². The zero-order chi connectivity index (χ0) is 13.8. The molecule has 1 aromatic carbocycles. The molecule has 0 aromatic heterocycles. The van der Waals surface area contributed by atoms with Crippen molar-refractivity contribution >= 4 is 23.2 Å². The second kappa shape index (κ2) is 6.69. The molecule has 0 spiro atoms. The monoisotopic (exact) mass is 303 g/mol. The fraction of sp³-hybridized carbons (Fsp3) is 0.571. The predicted octanol–water partition coefficient (Wildman–Crippen LogP) is 3.91. The highest BCUT2D eigenvalue weighted by atomic mass is 35.5. The molecule has 1 fully saturated rings. The van der Waals surface area contributed by atoms with E-state index in [0.29, 0.717) is 27.6 Å². The third-order valence-corrected chi connectivity index (χ3v) is 3.85. The van der Waals surface area contributed by atoms with Gasteiger partial charge >= 0.3 is 0 Å². The van der Waals surface area contributed by atoms with Gasteiger partial charge in [-0.3, -0.25) is 0 Å². The summed E-state index contributed by atoms with van der Waals surface area (Å²) in [4.78, 5) is 0. The molecular formula is C14H19Cl2NO2. The Morgan fingerprint density at radius 3 is 2.74 bits per heavy atom. The minimum absolute atomic E-state index is 0.167. The molecule has 5 heteroatoms. The second-order valence-electron chi connectivity index (χ2n) is 4.88. The summed E-state index contributed by atoms with van der Waals surface area (Å²) in [6.45, 7) is 3.15. The van der Waals surface area contributed by atoms with Crippen LogP contribution in [0.1, 0.15) is 26.2 Å². The summed E-state index contributed by atoms with van der Waals surface area (Å²) < 4.78 is 11.3. The van der Waals surface area contributed by atoms with E-state index < -0.39 is 0 Å². The molecule has 106 valence electrons. The van der Waals surface area contributed by atoms with Crippen molar-refractivity contribution < 1.29 is 9.47 Å². The summed E-state index contributed by atoms with van der Waals surface area (Å²) in [5.74, 6) is 1.18. The van der Waals surface area contributed by atoms with Crippen molar-refractivity contribution in [2.45, 2.75) is 38.3 Å². The van der Waals surface area contributed by atoms with Crippen molar-refractivity contribution in [2.75, 3.05) is 13.7 Å². The van der Waals surface area contributed by atoms with Crippen LogP contribution in [0.2, 0.25) is 10.0 Å². The zero-order valence-corrected chi connectivity index (χ0v) is 12.7. The molecule has 0 radical (unpaired) electrons. The first-order chi connectivity index (χ1) is 9.10. The largest absolute Gasteiger partial charge is 0.491 e. The number of halogens is 2. The highest BCUT2D eigenvalue weighted by molar-refractivity contribution is 6.35. The molecule has 19 heavy (non-hydrogen) atoms. The normalized spacial score (nSPS) is 23.8. The van der Waals surface area contributed by atoms with Crippen LogP contribution in [0.3, 0.4) is 0 Å². The number of hydrogen-bond acceptors (Lipinski definition) is 3. The maximum atomic E-state index is 6.11. The Labute approximate surface area is 124 Å². The fourth-order valence-electron chi connectivity index (χ4n) is 2.29. The molecule has 2 unspecified atom stereocenters. The number of methoxy groups -OCH3 is 1. The van der Waals surface area contributed by atoms with Gasteiger partial charge in [-0.25, -0.2) is 0 Å². The minimum Gasteiger partial charge on any atom is -0.491 e. The van der Waals surface area contributed by atoms with Gasteiger partial charge in [-0.1, -0.05) is 23.2 Å². The van der Waals surface area contributed by atoms with E-state index in [1.54, 1.807) is 19.2 Å². The summed E-state index contributed by atoms with van der Waals surface area (Å²) >= 11 is 12.1. The highest BCUT2D eigenvalue weighted by Gasteiger charge is 2.20. The Hall–Kier alpha value is -0.640. The lowest BCUT2D eigenvalue weighted by molar-refractivity contribution is 0.179. The lowest BCUT2D eigenvalue weighted by Crippen LogP contribution is -2.24. The van der Waals surface area contributed by atoms with E-state index >= 15 is 0 Å². The quantitative estimate of drug-likeness (QED) is 0.918. The topological polar surface area (TPSA) is 30.5 Å². The molecule has 1 saturated heterocycles. The third kappa shape index (κ3) is 3.91. The van der Waals surface area contributed by atoms with Crippen molar-refractivity contribution in [1.29, 1.82) is 0 Å². The molecule has 0 saturated carbocycles. The SMILES string of the molecule is COc1c(Cl)cc(Cl)cc1OC1CCNC(C)CC1. The van der Waals surface area contributed by atoms with Crippen LogP contribution >= 0.6 is 23.2 Å². The lowest BCUT2D eigenvalue weighted by atomic mass is 10.1. The van der Waals surface area contributed by atoms with Crippen molar-refractivity contribution in [3.8, 4) is 11.5 Å². The van der Waals surface area contributed by atoms with Crippen LogP contribution in [-0.4, -0.2) is 25.8 Å². The van der Waals surface area contributed by atoms with Crippen molar-refractivity contribution in [3.05, 3.63) is 22.2 Å². The van der Waals surface area contributed by atoms with E-state index in [-0.39, 0.29) is 6.10 Å². The second-order valence-corrected chi connectivity index (χ2v) is 5.72. The average Bonchev–Trinajstić information content (AvgIpc) is 2.54. The average molecular weight is 304 g/mol. The minimum atomic E-state index is 0.167. The molecule has 0 bridgehead atoms. The molecule has 1 aromatic rings. The number of ether oxygens (including phenoxy) is 2. The Morgan fingerprint density at radius 1 is 1.21 bits per heavy atom.